The van der Waals surface area contributed by atoms with Gasteiger partial charge in [0, 0.05) is 44.0 Å². The number of hydrogen-bond acceptors (Lipinski definition) is 4. The summed E-state index contributed by atoms with van der Waals surface area (Å²) in [5.74, 6) is 1.05. The van der Waals surface area contributed by atoms with Crippen LogP contribution < -0.4 is 4.74 Å². The predicted octanol–water partition coefficient (Wildman–Crippen LogP) is 5.89. The van der Waals surface area contributed by atoms with E-state index in [0.29, 0.717) is 6.04 Å². The molecule has 6 rings (SSSR count). The molecule has 4 nitrogen and oxygen atoms in total. The summed E-state index contributed by atoms with van der Waals surface area (Å²) in [6, 6.07) is 22.7. The first-order valence-corrected chi connectivity index (χ1v) is 11.9. The van der Waals surface area contributed by atoms with Crippen molar-refractivity contribution in [1.29, 1.82) is 0 Å². The Labute approximate surface area is 190 Å². The lowest BCUT2D eigenvalue weighted by Crippen LogP contribution is -2.59. The van der Waals surface area contributed by atoms with Crippen molar-refractivity contribution in [3.8, 4) is 5.75 Å². The fraction of sp³-hybridized carbons (Fsp3) is 0.393. The van der Waals surface area contributed by atoms with Crippen LogP contribution in [-0.4, -0.2) is 40.5 Å². The third-order valence-electron chi connectivity index (χ3n) is 7.54. The molecule has 3 aromatic rings. The minimum atomic E-state index is -0.350. The first-order valence-electron chi connectivity index (χ1n) is 11.9. The number of fused-ring (bicyclic) bond motifs is 5. The van der Waals surface area contributed by atoms with Gasteiger partial charge in [-0.05, 0) is 49.2 Å². The fourth-order valence-corrected chi connectivity index (χ4v) is 5.67. The Balaban J connectivity index is 1.41. The van der Waals surface area contributed by atoms with Crippen molar-refractivity contribution >= 4 is 16.5 Å². The van der Waals surface area contributed by atoms with E-state index in [2.05, 4.69) is 91.3 Å². The maximum absolute atomic E-state index is 6.80. The van der Waals surface area contributed by atoms with E-state index in [4.69, 9.17) is 9.84 Å². The number of nitrogens with zero attached hydrogens (tertiary/aromatic N) is 3. The smallest absolute Gasteiger partial charge is 0.200 e. The van der Waals surface area contributed by atoms with E-state index >= 15 is 0 Å². The van der Waals surface area contributed by atoms with Crippen molar-refractivity contribution in [1.82, 2.24) is 9.91 Å². The molecule has 164 valence electrons. The van der Waals surface area contributed by atoms with Crippen molar-refractivity contribution in [2.24, 2.45) is 5.10 Å². The van der Waals surface area contributed by atoms with Crippen molar-refractivity contribution in [2.45, 2.75) is 57.8 Å². The van der Waals surface area contributed by atoms with E-state index in [0.717, 1.165) is 38.1 Å². The minimum absolute atomic E-state index is 0.241. The second-order valence-corrected chi connectivity index (χ2v) is 9.89. The van der Waals surface area contributed by atoms with Crippen molar-refractivity contribution in [3.63, 3.8) is 0 Å². The standard InChI is InChI=1S/C28H31N3O/c1-19(2)30-14-12-28(13-15-30)31-26(24-16-20(3)8-11-27(24)32-28)18-25(29-31)23-10-9-21-6-4-5-7-22(21)17-23/h4-11,16-17,19,26H,12-15,18H2,1-3H3. The molecule has 0 bridgehead atoms. The zero-order valence-corrected chi connectivity index (χ0v) is 19.2. The van der Waals surface area contributed by atoms with Crippen LogP contribution in [0.2, 0.25) is 0 Å². The highest BCUT2D eigenvalue weighted by Crippen LogP contribution is 2.50. The number of likely N-dealkylation sites (tertiary alicyclic amines) is 1. The molecule has 1 unspecified atom stereocenters. The summed E-state index contributed by atoms with van der Waals surface area (Å²) < 4.78 is 6.80. The quantitative estimate of drug-likeness (QED) is 0.512. The predicted molar refractivity (Wildman–Crippen MR) is 130 cm³/mol. The van der Waals surface area contributed by atoms with E-state index in [1.54, 1.807) is 0 Å². The summed E-state index contributed by atoms with van der Waals surface area (Å²) in [5.41, 5.74) is 4.60. The second kappa shape index (κ2) is 7.35. The number of piperidine rings is 1. The summed E-state index contributed by atoms with van der Waals surface area (Å²) in [5, 5.41) is 10.1. The van der Waals surface area contributed by atoms with Crippen LogP contribution in [0.5, 0.6) is 5.75 Å². The normalized spacial score (nSPS) is 22.1. The summed E-state index contributed by atoms with van der Waals surface area (Å²) >= 11 is 0. The van der Waals surface area contributed by atoms with Gasteiger partial charge < -0.3 is 9.64 Å². The molecule has 1 spiro atoms. The first kappa shape index (κ1) is 19.8. The molecule has 32 heavy (non-hydrogen) atoms. The Morgan fingerprint density at radius 3 is 2.53 bits per heavy atom. The molecule has 3 heterocycles. The summed E-state index contributed by atoms with van der Waals surface area (Å²) in [6.07, 6.45) is 2.88. The zero-order valence-electron chi connectivity index (χ0n) is 19.2. The Bertz CT molecular complexity index is 1210. The number of hydrogen-bond donors (Lipinski definition) is 0. The largest absolute Gasteiger partial charge is 0.466 e. The van der Waals surface area contributed by atoms with Gasteiger partial charge in [0.2, 0.25) is 5.72 Å². The van der Waals surface area contributed by atoms with Gasteiger partial charge in [-0.3, -0.25) is 0 Å². The zero-order chi connectivity index (χ0) is 21.9. The molecule has 4 heteroatoms. The third-order valence-corrected chi connectivity index (χ3v) is 7.54. The molecule has 0 saturated carbocycles. The molecule has 3 aromatic carbocycles. The Hall–Kier alpha value is -2.85. The molecule has 0 radical (unpaired) electrons. The van der Waals surface area contributed by atoms with E-state index in [-0.39, 0.29) is 11.8 Å². The summed E-state index contributed by atoms with van der Waals surface area (Å²) in [7, 11) is 0. The van der Waals surface area contributed by atoms with Gasteiger partial charge in [-0.15, -0.1) is 0 Å². The molecule has 1 atom stereocenters. The second-order valence-electron chi connectivity index (χ2n) is 9.89. The van der Waals surface area contributed by atoms with Crippen molar-refractivity contribution < 1.29 is 4.74 Å². The molecular weight excluding hydrogens is 394 g/mol. The van der Waals surface area contributed by atoms with Gasteiger partial charge in [-0.25, -0.2) is 5.01 Å². The van der Waals surface area contributed by atoms with Crippen LogP contribution in [0.3, 0.4) is 0 Å². The third kappa shape index (κ3) is 3.12. The van der Waals surface area contributed by atoms with E-state index in [1.165, 1.54) is 33.2 Å². The van der Waals surface area contributed by atoms with Gasteiger partial charge in [-0.1, -0.05) is 54.1 Å². The maximum Gasteiger partial charge on any atom is 0.200 e. The van der Waals surface area contributed by atoms with Crippen LogP contribution in [0.25, 0.3) is 10.8 Å². The first-order chi connectivity index (χ1) is 15.5. The van der Waals surface area contributed by atoms with Gasteiger partial charge in [0.1, 0.15) is 5.75 Å². The summed E-state index contributed by atoms with van der Waals surface area (Å²) in [6.45, 7) is 8.82. The Morgan fingerprint density at radius 2 is 1.75 bits per heavy atom. The Kier molecular flexibility index (Phi) is 4.55. The van der Waals surface area contributed by atoms with Crippen LogP contribution in [-0.2, 0) is 0 Å². The number of hydrazone groups is 1. The SMILES string of the molecule is Cc1ccc2c(c1)C1CC(c3ccc4ccccc4c3)=NN1C1(CCN(C(C)C)CC1)O2. The van der Waals surface area contributed by atoms with Crippen LogP contribution in [0.15, 0.2) is 65.8 Å². The Morgan fingerprint density at radius 1 is 0.969 bits per heavy atom. The average Bonchev–Trinajstić information content (AvgIpc) is 3.27. The lowest BCUT2D eigenvalue weighted by Gasteiger charge is -2.51. The van der Waals surface area contributed by atoms with Crippen LogP contribution in [0, 0.1) is 6.92 Å². The van der Waals surface area contributed by atoms with Crippen LogP contribution in [0.4, 0.5) is 0 Å². The highest BCUT2D eigenvalue weighted by Gasteiger charge is 2.52. The molecule has 1 fully saturated rings. The van der Waals surface area contributed by atoms with E-state index in [1.807, 2.05) is 0 Å². The molecule has 3 aliphatic heterocycles. The van der Waals surface area contributed by atoms with Gasteiger partial charge in [-0.2, -0.15) is 5.10 Å². The van der Waals surface area contributed by atoms with Gasteiger partial charge >= 0.3 is 0 Å². The maximum atomic E-state index is 6.80. The number of rotatable bonds is 2. The minimum Gasteiger partial charge on any atom is -0.466 e. The molecular formula is C28H31N3O. The number of ether oxygens (including phenoxy) is 1. The molecule has 3 aliphatic rings. The molecule has 0 aromatic heterocycles. The fourth-order valence-electron chi connectivity index (χ4n) is 5.67. The highest BCUT2D eigenvalue weighted by molar-refractivity contribution is 6.04. The average molecular weight is 426 g/mol. The molecule has 1 saturated heterocycles. The summed E-state index contributed by atoms with van der Waals surface area (Å²) in [4.78, 5) is 2.55. The van der Waals surface area contributed by atoms with Crippen molar-refractivity contribution in [2.75, 3.05) is 13.1 Å². The number of benzene rings is 3. The molecule has 0 N–H and O–H groups in total. The van der Waals surface area contributed by atoms with E-state index < -0.39 is 0 Å². The topological polar surface area (TPSA) is 28.1 Å². The van der Waals surface area contributed by atoms with Crippen LogP contribution in [0.1, 0.15) is 55.8 Å². The van der Waals surface area contributed by atoms with Crippen molar-refractivity contribution in [3.05, 3.63) is 77.4 Å². The molecule has 0 amide bonds. The lowest BCUT2D eigenvalue weighted by atomic mass is 9.89. The monoisotopic (exact) mass is 425 g/mol. The van der Waals surface area contributed by atoms with Gasteiger partial charge in [0.25, 0.3) is 0 Å². The van der Waals surface area contributed by atoms with Crippen LogP contribution >= 0.6 is 0 Å². The van der Waals surface area contributed by atoms with Gasteiger partial charge in [0.05, 0.1) is 11.8 Å². The van der Waals surface area contributed by atoms with Gasteiger partial charge in [0.15, 0.2) is 0 Å². The molecule has 0 aliphatic carbocycles. The number of aryl methyl sites for hydroxylation is 1. The lowest BCUT2D eigenvalue weighted by molar-refractivity contribution is -0.152. The van der Waals surface area contributed by atoms with E-state index in [9.17, 15) is 0 Å². The highest BCUT2D eigenvalue weighted by atomic mass is 16.5.